The van der Waals surface area contributed by atoms with E-state index < -0.39 is 29.5 Å². The molecule has 10 nitrogen and oxygen atoms in total. The summed E-state index contributed by atoms with van der Waals surface area (Å²) < 4.78 is 1.41. The molecule has 0 unspecified atom stereocenters. The third-order valence-corrected chi connectivity index (χ3v) is 7.48. The first kappa shape index (κ1) is 26.5. The maximum Gasteiger partial charge on any atom is 0.251 e. The Morgan fingerprint density at radius 2 is 1.95 bits per heavy atom. The number of aryl methyl sites for hydroxylation is 1. The number of primary amides is 1. The highest BCUT2D eigenvalue weighted by Crippen LogP contribution is 2.34. The number of carbonyl (C=O) groups excluding carboxylic acids is 3. The van der Waals surface area contributed by atoms with E-state index in [0.29, 0.717) is 6.54 Å². The number of aromatic nitrogens is 3. The van der Waals surface area contributed by atoms with Gasteiger partial charge in [0.25, 0.3) is 5.91 Å². The highest BCUT2D eigenvalue weighted by atomic mass is 32.1. The largest absolute Gasteiger partial charge is 0.391 e. The number of β-amino-alcohol motifs (C(OH)–C–C–N with tert-alkyl or cyclic N) is 1. The standard InChI is InChI=1S/C26H32N6O4S/c1-15-21(37-14-29-15)17-7-5-16(6-8-17)10-28-24(35)20-9-19(33)13-31(20)25(36)22(26(2,3)4)32-12-18(11-30-32)23(27)34/h5-8,11-12,14,19-20,22,33H,9-10,13H2,1-4H3,(H2,27,34)(H,28,35)/t19-,20+,22-/m1/s1. The van der Waals surface area contributed by atoms with Gasteiger partial charge in [0.15, 0.2) is 0 Å². The molecule has 0 aliphatic carbocycles. The van der Waals surface area contributed by atoms with E-state index in [1.165, 1.54) is 22.0 Å². The Kier molecular flexibility index (Phi) is 7.47. The molecule has 2 aromatic heterocycles. The minimum atomic E-state index is -0.822. The number of amides is 3. The normalized spacial score (nSPS) is 18.6. The van der Waals surface area contributed by atoms with Gasteiger partial charge in [0.2, 0.25) is 11.8 Å². The molecule has 0 bridgehead atoms. The van der Waals surface area contributed by atoms with Gasteiger partial charge in [-0.25, -0.2) is 4.98 Å². The molecule has 0 spiro atoms. The lowest BCUT2D eigenvalue weighted by Crippen LogP contribution is -2.50. The lowest BCUT2D eigenvalue weighted by atomic mass is 9.85. The van der Waals surface area contributed by atoms with Crippen LogP contribution in [0.1, 0.15) is 54.8 Å². The highest BCUT2D eigenvalue weighted by molar-refractivity contribution is 7.13. The Labute approximate surface area is 219 Å². The lowest BCUT2D eigenvalue weighted by molar-refractivity contribution is -0.144. The van der Waals surface area contributed by atoms with Gasteiger partial charge in [0.05, 0.1) is 33.9 Å². The van der Waals surface area contributed by atoms with Gasteiger partial charge in [-0.1, -0.05) is 45.0 Å². The number of aliphatic hydroxyl groups excluding tert-OH is 1. The van der Waals surface area contributed by atoms with E-state index in [9.17, 15) is 19.5 Å². The van der Waals surface area contributed by atoms with Crippen LogP contribution in [0.25, 0.3) is 10.4 Å². The van der Waals surface area contributed by atoms with Crippen molar-refractivity contribution in [3.05, 3.63) is 59.0 Å². The van der Waals surface area contributed by atoms with Gasteiger partial charge >= 0.3 is 0 Å². The van der Waals surface area contributed by atoms with Gasteiger partial charge in [-0.05, 0) is 23.5 Å². The van der Waals surface area contributed by atoms with Crippen molar-refractivity contribution in [3.8, 4) is 10.4 Å². The molecule has 11 heteroatoms. The summed E-state index contributed by atoms with van der Waals surface area (Å²) in [4.78, 5) is 45.3. The molecule has 1 fully saturated rings. The average molecular weight is 525 g/mol. The van der Waals surface area contributed by atoms with Crippen LogP contribution in [0.15, 0.2) is 42.2 Å². The number of thiazole rings is 1. The minimum Gasteiger partial charge on any atom is -0.391 e. The maximum absolute atomic E-state index is 13.7. The molecule has 37 heavy (non-hydrogen) atoms. The van der Waals surface area contributed by atoms with Crippen molar-refractivity contribution in [1.29, 1.82) is 0 Å². The number of nitrogens with zero attached hydrogens (tertiary/aromatic N) is 4. The number of likely N-dealkylation sites (tertiary alicyclic amines) is 1. The summed E-state index contributed by atoms with van der Waals surface area (Å²) in [7, 11) is 0. The van der Waals surface area contributed by atoms with E-state index in [4.69, 9.17) is 5.73 Å². The van der Waals surface area contributed by atoms with Crippen molar-refractivity contribution in [2.75, 3.05) is 6.54 Å². The number of nitrogens with one attached hydrogen (secondary N) is 1. The van der Waals surface area contributed by atoms with Crippen molar-refractivity contribution >= 4 is 29.1 Å². The molecule has 196 valence electrons. The molecular weight excluding hydrogens is 492 g/mol. The fourth-order valence-electron chi connectivity index (χ4n) is 4.61. The number of hydrogen-bond acceptors (Lipinski definition) is 7. The number of benzene rings is 1. The Hall–Kier alpha value is -3.57. The van der Waals surface area contributed by atoms with Crippen LogP contribution in [0.5, 0.6) is 0 Å². The summed E-state index contributed by atoms with van der Waals surface area (Å²) in [5.41, 5.74) is 9.73. The van der Waals surface area contributed by atoms with Crippen molar-refractivity contribution in [2.45, 2.75) is 58.8 Å². The van der Waals surface area contributed by atoms with Gasteiger partial charge in [-0.3, -0.25) is 19.1 Å². The van der Waals surface area contributed by atoms with Crippen LogP contribution in [0.4, 0.5) is 0 Å². The van der Waals surface area contributed by atoms with Gasteiger partial charge in [-0.2, -0.15) is 5.10 Å². The average Bonchev–Trinajstić information content (AvgIpc) is 3.57. The zero-order chi connectivity index (χ0) is 26.9. The minimum absolute atomic E-state index is 0.0380. The van der Waals surface area contributed by atoms with Gasteiger partial charge < -0.3 is 21.1 Å². The number of nitrogens with two attached hydrogens (primary N) is 1. The quantitative estimate of drug-likeness (QED) is 0.433. The predicted octanol–water partition coefficient (Wildman–Crippen LogP) is 2.28. The molecule has 1 aliphatic heterocycles. The zero-order valence-corrected chi connectivity index (χ0v) is 22.2. The molecule has 0 radical (unpaired) electrons. The monoisotopic (exact) mass is 524 g/mol. The third-order valence-electron chi connectivity index (χ3n) is 6.50. The Bertz CT molecular complexity index is 1290. The molecule has 3 atom stereocenters. The predicted molar refractivity (Wildman–Crippen MR) is 139 cm³/mol. The summed E-state index contributed by atoms with van der Waals surface area (Å²) in [6.07, 6.45) is 2.08. The van der Waals surface area contributed by atoms with E-state index in [1.807, 2.05) is 57.5 Å². The van der Waals surface area contributed by atoms with E-state index >= 15 is 0 Å². The Morgan fingerprint density at radius 3 is 2.51 bits per heavy atom. The number of aliphatic hydroxyl groups is 1. The molecule has 4 N–H and O–H groups in total. The first-order valence-electron chi connectivity index (χ1n) is 12.1. The molecule has 3 amide bonds. The van der Waals surface area contributed by atoms with Crippen LogP contribution in [0.3, 0.4) is 0 Å². The molecule has 1 aromatic carbocycles. The van der Waals surface area contributed by atoms with Crippen LogP contribution >= 0.6 is 11.3 Å². The molecule has 1 saturated heterocycles. The fourth-order valence-corrected chi connectivity index (χ4v) is 5.42. The molecular formula is C26H32N6O4S. The Balaban J connectivity index is 1.47. The summed E-state index contributed by atoms with van der Waals surface area (Å²) in [6, 6.07) is 6.27. The van der Waals surface area contributed by atoms with E-state index in [2.05, 4.69) is 15.4 Å². The molecule has 0 saturated carbocycles. The van der Waals surface area contributed by atoms with Crippen LogP contribution in [-0.2, 0) is 16.1 Å². The Morgan fingerprint density at radius 1 is 1.24 bits per heavy atom. The molecule has 3 heterocycles. The molecule has 4 rings (SSSR count). The second-order valence-corrected chi connectivity index (χ2v) is 11.3. The number of carbonyl (C=O) groups is 3. The number of hydrogen-bond donors (Lipinski definition) is 3. The molecule has 1 aliphatic rings. The van der Waals surface area contributed by atoms with Crippen LogP contribution < -0.4 is 11.1 Å². The summed E-state index contributed by atoms with van der Waals surface area (Å²) in [6.45, 7) is 7.92. The first-order valence-corrected chi connectivity index (χ1v) is 12.9. The van der Waals surface area contributed by atoms with Crippen LogP contribution in [0.2, 0.25) is 0 Å². The van der Waals surface area contributed by atoms with Crippen molar-refractivity contribution in [3.63, 3.8) is 0 Å². The first-order chi connectivity index (χ1) is 17.5. The zero-order valence-electron chi connectivity index (χ0n) is 21.3. The summed E-state index contributed by atoms with van der Waals surface area (Å²) in [5, 5.41) is 17.5. The topological polar surface area (TPSA) is 143 Å². The van der Waals surface area contributed by atoms with E-state index in [0.717, 1.165) is 21.7 Å². The van der Waals surface area contributed by atoms with Gasteiger partial charge in [-0.15, -0.1) is 11.3 Å². The third kappa shape index (κ3) is 5.72. The summed E-state index contributed by atoms with van der Waals surface area (Å²) in [5.74, 6) is -1.33. The SMILES string of the molecule is Cc1ncsc1-c1ccc(CNC(=O)[C@@H]2C[C@@H](O)CN2C(=O)[C@@H](n2cc(C(N)=O)cn2)C(C)(C)C)cc1. The van der Waals surface area contributed by atoms with Crippen LogP contribution in [0, 0.1) is 12.3 Å². The van der Waals surface area contributed by atoms with Crippen LogP contribution in [-0.4, -0.2) is 61.2 Å². The number of rotatable bonds is 7. The van der Waals surface area contributed by atoms with Crippen molar-refractivity contribution < 1.29 is 19.5 Å². The van der Waals surface area contributed by atoms with E-state index in [1.54, 1.807) is 11.3 Å². The molecule has 3 aromatic rings. The second kappa shape index (κ2) is 10.4. The maximum atomic E-state index is 13.7. The second-order valence-electron chi connectivity index (χ2n) is 10.4. The van der Waals surface area contributed by atoms with Crippen molar-refractivity contribution in [1.82, 2.24) is 25.0 Å². The van der Waals surface area contributed by atoms with Gasteiger partial charge in [0.1, 0.15) is 12.1 Å². The highest BCUT2D eigenvalue weighted by Gasteiger charge is 2.45. The lowest BCUT2D eigenvalue weighted by Gasteiger charge is -2.35. The smallest absolute Gasteiger partial charge is 0.251 e. The fraction of sp³-hybridized carbons (Fsp3) is 0.423. The van der Waals surface area contributed by atoms with Crippen molar-refractivity contribution in [2.24, 2.45) is 11.1 Å². The summed E-state index contributed by atoms with van der Waals surface area (Å²) >= 11 is 1.58. The van der Waals surface area contributed by atoms with Gasteiger partial charge in [0, 0.05) is 25.7 Å². The van der Waals surface area contributed by atoms with E-state index in [-0.39, 0.29) is 30.3 Å².